The largest absolute Gasteiger partial charge is 0.367 e. The third-order valence-corrected chi connectivity index (χ3v) is 2.60. The van der Waals surface area contributed by atoms with Gasteiger partial charge in [-0.3, -0.25) is 0 Å². The first kappa shape index (κ1) is 9.55. The van der Waals surface area contributed by atoms with Gasteiger partial charge in [-0.25, -0.2) is 0 Å². The van der Waals surface area contributed by atoms with Crippen molar-refractivity contribution in [2.24, 2.45) is 0 Å². The summed E-state index contributed by atoms with van der Waals surface area (Å²) in [5, 5.41) is 3.85. The normalized spacial score (nSPS) is 10.4. The summed E-state index contributed by atoms with van der Waals surface area (Å²) < 4.78 is 5.76. The molecule has 1 heterocycles. The standard InChI is InChI=1S/C9H6BrClN2O/c10-6-3-1-5(2-4-6)7-8(11)13-14-9(7)12/h1-4H,12H2. The van der Waals surface area contributed by atoms with Gasteiger partial charge in [0.15, 0.2) is 5.15 Å². The molecule has 0 atom stereocenters. The van der Waals surface area contributed by atoms with Crippen molar-refractivity contribution >= 4 is 33.4 Å². The fourth-order valence-electron chi connectivity index (χ4n) is 1.16. The predicted octanol–water partition coefficient (Wildman–Crippen LogP) is 3.34. The molecule has 2 aromatic rings. The van der Waals surface area contributed by atoms with Crippen LogP contribution in [0.2, 0.25) is 5.15 Å². The first-order valence-electron chi connectivity index (χ1n) is 3.85. The number of nitrogens with zero attached hydrogens (tertiary/aromatic N) is 1. The van der Waals surface area contributed by atoms with Crippen LogP contribution in [0.4, 0.5) is 5.88 Å². The molecule has 0 aliphatic heterocycles. The van der Waals surface area contributed by atoms with Gasteiger partial charge in [-0.2, -0.15) is 0 Å². The van der Waals surface area contributed by atoms with Crippen molar-refractivity contribution in [1.82, 2.24) is 5.16 Å². The number of nitrogens with two attached hydrogens (primary N) is 1. The Morgan fingerprint density at radius 2 is 1.93 bits per heavy atom. The minimum absolute atomic E-state index is 0.234. The van der Waals surface area contributed by atoms with Crippen LogP contribution in [0, 0.1) is 0 Å². The molecule has 0 saturated carbocycles. The molecule has 0 bridgehead atoms. The third-order valence-electron chi connectivity index (χ3n) is 1.81. The topological polar surface area (TPSA) is 52.0 Å². The van der Waals surface area contributed by atoms with E-state index in [1.54, 1.807) is 0 Å². The monoisotopic (exact) mass is 272 g/mol. The Bertz CT molecular complexity index is 433. The zero-order valence-corrected chi connectivity index (χ0v) is 9.34. The average molecular weight is 274 g/mol. The van der Waals surface area contributed by atoms with Gasteiger partial charge in [-0.15, -0.1) is 0 Å². The number of hydrogen-bond acceptors (Lipinski definition) is 3. The first-order valence-corrected chi connectivity index (χ1v) is 5.02. The molecule has 72 valence electrons. The Morgan fingerprint density at radius 1 is 1.29 bits per heavy atom. The molecule has 0 aliphatic carbocycles. The van der Waals surface area contributed by atoms with E-state index in [2.05, 4.69) is 21.1 Å². The van der Waals surface area contributed by atoms with Crippen molar-refractivity contribution in [3.63, 3.8) is 0 Å². The Hall–Kier alpha value is -1.00. The Balaban J connectivity index is 2.54. The van der Waals surface area contributed by atoms with Gasteiger partial charge in [0.25, 0.3) is 0 Å². The highest BCUT2D eigenvalue weighted by atomic mass is 79.9. The molecular weight excluding hydrogens is 267 g/mol. The highest BCUT2D eigenvalue weighted by molar-refractivity contribution is 9.10. The molecule has 0 aliphatic rings. The van der Waals surface area contributed by atoms with Crippen molar-refractivity contribution in [3.05, 3.63) is 33.9 Å². The smallest absolute Gasteiger partial charge is 0.231 e. The molecule has 0 amide bonds. The fourth-order valence-corrected chi connectivity index (χ4v) is 1.66. The highest BCUT2D eigenvalue weighted by Crippen LogP contribution is 2.33. The second-order valence-electron chi connectivity index (χ2n) is 2.72. The molecule has 2 N–H and O–H groups in total. The van der Waals surface area contributed by atoms with Crippen molar-refractivity contribution in [3.8, 4) is 11.1 Å². The second-order valence-corrected chi connectivity index (χ2v) is 3.99. The van der Waals surface area contributed by atoms with E-state index in [9.17, 15) is 0 Å². The van der Waals surface area contributed by atoms with Crippen LogP contribution in [0.15, 0.2) is 33.3 Å². The average Bonchev–Trinajstić information content (AvgIpc) is 2.49. The maximum Gasteiger partial charge on any atom is 0.231 e. The highest BCUT2D eigenvalue weighted by Gasteiger charge is 2.13. The first-order chi connectivity index (χ1) is 6.68. The lowest BCUT2D eigenvalue weighted by Crippen LogP contribution is -1.84. The Kier molecular flexibility index (Phi) is 2.48. The summed E-state index contributed by atoms with van der Waals surface area (Å²) in [5.74, 6) is 0.234. The fraction of sp³-hybridized carbons (Fsp3) is 0. The molecule has 3 nitrogen and oxygen atoms in total. The summed E-state index contributed by atoms with van der Waals surface area (Å²) in [6, 6.07) is 7.58. The van der Waals surface area contributed by atoms with Gasteiger partial charge < -0.3 is 10.3 Å². The third kappa shape index (κ3) is 1.63. The van der Waals surface area contributed by atoms with Gasteiger partial charge in [0.05, 0.1) is 5.56 Å². The molecule has 0 saturated heterocycles. The number of rotatable bonds is 1. The molecule has 0 radical (unpaired) electrons. The van der Waals surface area contributed by atoms with Gasteiger partial charge in [-0.1, -0.05) is 44.8 Å². The number of halogens is 2. The van der Waals surface area contributed by atoms with E-state index in [4.69, 9.17) is 21.9 Å². The van der Waals surface area contributed by atoms with Gasteiger partial charge in [0.1, 0.15) is 0 Å². The van der Waals surface area contributed by atoms with E-state index >= 15 is 0 Å². The van der Waals surface area contributed by atoms with Crippen molar-refractivity contribution in [2.75, 3.05) is 5.73 Å². The Labute approximate surface area is 94.0 Å². The number of benzene rings is 1. The Morgan fingerprint density at radius 3 is 2.43 bits per heavy atom. The number of anilines is 1. The minimum Gasteiger partial charge on any atom is -0.367 e. The van der Waals surface area contributed by atoms with E-state index in [1.807, 2.05) is 24.3 Å². The van der Waals surface area contributed by atoms with E-state index in [0.717, 1.165) is 10.0 Å². The van der Waals surface area contributed by atoms with Crippen LogP contribution in [0.1, 0.15) is 0 Å². The van der Waals surface area contributed by atoms with E-state index in [1.165, 1.54) is 0 Å². The quantitative estimate of drug-likeness (QED) is 0.867. The van der Waals surface area contributed by atoms with Crippen LogP contribution in [0.3, 0.4) is 0 Å². The van der Waals surface area contributed by atoms with Gasteiger partial charge in [0.2, 0.25) is 5.88 Å². The zero-order valence-electron chi connectivity index (χ0n) is 7.00. The summed E-state index contributed by atoms with van der Waals surface area (Å²) in [7, 11) is 0. The summed E-state index contributed by atoms with van der Waals surface area (Å²) in [6.45, 7) is 0. The zero-order chi connectivity index (χ0) is 10.1. The molecule has 1 aromatic carbocycles. The molecule has 0 unspecified atom stereocenters. The molecule has 1 aromatic heterocycles. The van der Waals surface area contributed by atoms with E-state index in [0.29, 0.717) is 5.56 Å². The predicted molar refractivity (Wildman–Crippen MR) is 59.1 cm³/mol. The lowest BCUT2D eigenvalue weighted by atomic mass is 10.1. The van der Waals surface area contributed by atoms with Crippen LogP contribution in [0.5, 0.6) is 0 Å². The summed E-state index contributed by atoms with van der Waals surface area (Å²) >= 11 is 9.17. The molecule has 0 spiro atoms. The van der Waals surface area contributed by atoms with Gasteiger partial charge in [0, 0.05) is 4.47 Å². The maximum absolute atomic E-state index is 5.82. The van der Waals surface area contributed by atoms with Gasteiger partial charge >= 0.3 is 0 Å². The summed E-state index contributed by atoms with van der Waals surface area (Å²) in [6.07, 6.45) is 0. The van der Waals surface area contributed by atoms with Crippen LogP contribution in [-0.2, 0) is 0 Å². The molecule has 0 fully saturated rings. The number of aromatic nitrogens is 1. The molecule has 5 heteroatoms. The summed E-state index contributed by atoms with van der Waals surface area (Å²) in [4.78, 5) is 0. The molecular formula is C9H6BrClN2O. The number of hydrogen-bond donors (Lipinski definition) is 1. The second kappa shape index (κ2) is 3.63. The molecule has 2 rings (SSSR count). The molecule has 14 heavy (non-hydrogen) atoms. The van der Waals surface area contributed by atoms with Crippen LogP contribution in [0.25, 0.3) is 11.1 Å². The van der Waals surface area contributed by atoms with Crippen LogP contribution < -0.4 is 5.73 Å². The number of nitrogen functional groups attached to an aromatic ring is 1. The SMILES string of the molecule is Nc1onc(Cl)c1-c1ccc(Br)cc1. The summed E-state index contributed by atoms with van der Waals surface area (Å²) in [5.41, 5.74) is 7.11. The van der Waals surface area contributed by atoms with E-state index in [-0.39, 0.29) is 11.0 Å². The maximum atomic E-state index is 5.82. The van der Waals surface area contributed by atoms with Crippen molar-refractivity contribution < 1.29 is 4.52 Å². The van der Waals surface area contributed by atoms with Crippen LogP contribution >= 0.6 is 27.5 Å². The van der Waals surface area contributed by atoms with Crippen LogP contribution in [-0.4, -0.2) is 5.16 Å². The minimum atomic E-state index is 0.234. The van der Waals surface area contributed by atoms with E-state index < -0.39 is 0 Å². The van der Waals surface area contributed by atoms with Crippen molar-refractivity contribution in [2.45, 2.75) is 0 Å². The lowest BCUT2D eigenvalue weighted by molar-refractivity contribution is 0.437. The van der Waals surface area contributed by atoms with Crippen molar-refractivity contribution in [1.29, 1.82) is 0 Å². The van der Waals surface area contributed by atoms with Gasteiger partial charge in [-0.05, 0) is 17.7 Å². The lowest BCUT2D eigenvalue weighted by Gasteiger charge is -1.98.